The Hall–Kier alpha value is -1.01. The Kier molecular flexibility index (Phi) is 3.97. The zero-order valence-corrected chi connectivity index (χ0v) is 10.3. The van der Waals surface area contributed by atoms with Crippen LogP contribution in [0.5, 0.6) is 0 Å². The lowest BCUT2D eigenvalue weighted by Crippen LogP contribution is -2.59. The number of aliphatic hydroxyl groups excluding tert-OH is 1. The maximum absolute atomic E-state index is 13.9. The SMILES string of the molecule is CO[C@H]1COC[C@@](N)(c2ccccc2F)[C@@H]1CO. The first-order valence-corrected chi connectivity index (χ1v) is 5.88. The molecule has 0 aromatic heterocycles. The van der Waals surface area contributed by atoms with Crippen LogP contribution in [0.25, 0.3) is 0 Å². The highest BCUT2D eigenvalue weighted by Crippen LogP contribution is 2.35. The zero-order valence-electron chi connectivity index (χ0n) is 10.3. The van der Waals surface area contributed by atoms with Gasteiger partial charge in [0, 0.05) is 18.6 Å². The summed E-state index contributed by atoms with van der Waals surface area (Å²) >= 11 is 0. The van der Waals surface area contributed by atoms with Gasteiger partial charge in [0.25, 0.3) is 0 Å². The first-order chi connectivity index (χ1) is 8.63. The molecular weight excluding hydrogens is 237 g/mol. The lowest BCUT2D eigenvalue weighted by molar-refractivity contribution is -0.122. The minimum atomic E-state index is -1.07. The molecule has 0 unspecified atom stereocenters. The van der Waals surface area contributed by atoms with E-state index in [4.69, 9.17) is 15.2 Å². The molecule has 1 fully saturated rings. The Morgan fingerprint density at radius 2 is 2.28 bits per heavy atom. The van der Waals surface area contributed by atoms with Gasteiger partial charge in [-0.05, 0) is 6.07 Å². The molecule has 1 saturated heterocycles. The van der Waals surface area contributed by atoms with Gasteiger partial charge in [0.15, 0.2) is 0 Å². The summed E-state index contributed by atoms with van der Waals surface area (Å²) in [6.45, 7) is 0.348. The van der Waals surface area contributed by atoms with Crippen molar-refractivity contribution >= 4 is 0 Å². The Labute approximate surface area is 106 Å². The number of aliphatic hydroxyl groups is 1. The Balaban J connectivity index is 2.41. The van der Waals surface area contributed by atoms with Crippen LogP contribution in [-0.4, -0.2) is 38.1 Å². The fourth-order valence-corrected chi connectivity index (χ4v) is 2.53. The monoisotopic (exact) mass is 255 g/mol. The van der Waals surface area contributed by atoms with Crippen LogP contribution >= 0.6 is 0 Å². The fourth-order valence-electron chi connectivity index (χ4n) is 2.53. The van der Waals surface area contributed by atoms with Crippen molar-refractivity contribution in [3.63, 3.8) is 0 Å². The van der Waals surface area contributed by atoms with Crippen LogP contribution in [0.3, 0.4) is 0 Å². The molecule has 1 aromatic rings. The van der Waals surface area contributed by atoms with Crippen molar-refractivity contribution in [2.45, 2.75) is 11.6 Å². The van der Waals surface area contributed by atoms with Gasteiger partial charge in [-0.3, -0.25) is 0 Å². The third-order valence-corrected chi connectivity index (χ3v) is 3.61. The molecule has 1 aliphatic heterocycles. The molecule has 3 N–H and O–H groups in total. The van der Waals surface area contributed by atoms with Crippen LogP contribution in [0, 0.1) is 11.7 Å². The van der Waals surface area contributed by atoms with Gasteiger partial charge in [-0.25, -0.2) is 4.39 Å². The second-order valence-corrected chi connectivity index (χ2v) is 4.60. The summed E-state index contributed by atoms with van der Waals surface area (Å²) in [7, 11) is 1.53. The number of rotatable bonds is 3. The summed E-state index contributed by atoms with van der Waals surface area (Å²) in [6, 6.07) is 6.31. The Morgan fingerprint density at radius 1 is 1.56 bits per heavy atom. The van der Waals surface area contributed by atoms with Crippen LogP contribution in [-0.2, 0) is 15.0 Å². The van der Waals surface area contributed by atoms with Crippen molar-refractivity contribution in [1.29, 1.82) is 0 Å². The summed E-state index contributed by atoms with van der Waals surface area (Å²) in [6.07, 6.45) is -0.339. The van der Waals surface area contributed by atoms with Gasteiger partial charge in [0.1, 0.15) is 5.82 Å². The first kappa shape index (κ1) is 13.4. The summed E-state index contributed by atoms with van der Waals surface area (Å²) in [5, 5.41) is 9.54. The van der Waals surface area contributed by atoms with Gasteiger partial charge < -0.3 is 20.3 Å². The largest absolute Gasteiger partial charge is 0.396 e. The number of methoxy groups -OCH3 is 1. The molecule has 1 heterocycles. The van der Waals surface area contributed by atoms with E-state index in [1.165, 1.54) is 13.2 Å². The number of hydrogen-bond acceptors (Lipinski definition) is 4. The molecule has 0 aliphatic carbocycles. The fraction of sp³-hybridized carbons (Fsp3) is 0.538. The lowest BCUT2D eigenvalue weighted by atomic mass is 9.75. The summed E-state index contributed by atoms with van der Waals surface area (Å²) in [4.78, 5) is 0. The van der Waals surface area contributed by atoms with Gasteiger partial charge in [0.2, 0.25) is 0 Å². The van der Waals surface area contributed by atoms with E-state index in [-0.39, 0.29) is 25.1 Å². The second kappa shape index (κ2) is 5.32. The highest BCUT2D eigenvalue weighted by Gasteiger charge is 2.46. The van der Waals surface area contributed by atoms with Gasteiger partial charge >= 0.3 is 0 Å². The average molecular weight is 255 g/mol. The summed E-state index contributed by atoms with van der Waals surface area (Å²) in [5.74, 6) is -0.785. The number of halogens is 1. The van der Waals surface area contributed by atoms with Crippen molar-refractivity contribution in [1.82, 2.24) is 0 Å². The second-order valence-electron chi connectivity index (χ2n) is 4.60. The van der Waals surface area contributed by atoms with Crippen LogP contribution in [0.1, 0.15) is 5.56 Å². The van der Waals surface area contributed by atoms with Gasteiger partial charge in [-0.2, -0.15) is 0 Å². The van der Waals surface area contributed by atoms with Gasteiger partial charge in [0.05, 0.1) is 31.5 Å². The molecule has 3 atom stereocenters. The number of ether oxygens (including phenoxy) is 2. The Morgan fingerprint density at radius 3 is 2.89 bits per heavy atom. The summed E-state index contributed by atoms with van der Waals surface area (Å²) in [5.41, 5.74) is 5.58. The Bertz CT molecular complexity index is 415. The van der Waals surface area contributed by atoms with Crippen LogP contribution in [0.2, 0.25) is 0 Å². The third-order valence-electron chi connectivity index (χ3n) is 3.61. The summed E-state index contributed by atoms with van der Waals surface area (Å²) < 4.78 is 24.6. The molecule has 0 radical (unpaired) electrons. The molecule has 1 aromatic carbocycles. The van der Waals surface area contributed by atoms with Crippen molar-refractivity contribution in [2.75, 3.05) is 26.9 Å². The molecule has 100 valence electrons. The first-order valence-electron chi connectivity index (χ1n) is 5.88. The molecule has 5 heteroatoms. The zero-order chi connectivity index (χ0) is 13.2. The lowest BCUT2D eigenvalue weighted by Gasteiger charge is -2.44. The highest BCUT2D eigenvalue weighted by molar-refractivity contribution is 5.28. The maximum Gasteiger partial charge on any atom is 0.128 e. The predicted molar refractivity (Wildman–Crippen MR) is 64.5 cm³/mol. The standard InChI is InChI=1S/C13H18FNO3/c1-17-12-7-18-8-13(15,10(12)6-16)9-4-2-3-5-11(9)14/h2-5,10,12,16H,6-8,15H2,1H3/t10-,12+,13-/m1/s1. The highest BCUT2D eigenvalue weighted by atomic mass is 19.1. The van der Waals surface area contributed by atoms with Crippen LogP contribution in [0.15, 0.2) is 24.3 Å². The van der Waals surface area contributed by atoms with E-state index in [1.807, 2.05) is 0 Å². The van der Waals surface area contributed by atoms with Gasteiger partial charge in [-0.15, -0.1) is 0 Å². The maximum atomic E-state index is 13.9. The number of nitrogens with two attached hydrogens (primary N) is 1. The molecule has 18 heavy (non-hydrogen) atoms. The molecule has 1 aliphatic rings. The average Bonchev–Trinajstić information content (AvgIpc) is 2.38. The van der Waals surface area contributed by atoms with E-state index in [2.05, 4.69) is 0 Å². The third kappa shape index (κ3) is 2.14. The van der Waals surface area contributed by atoms with Crippen LogP contribution < -0.4 is 5.73 Å². The minimum absolute atomic E-state index is 0.166. The van der Waals surface area contributed by atoms with Crippen molar-refractivity contribution in [3.05, 3.63) is 35.6 Å². The molecule has 0 amide bonds. The normalized spacial score (nSPS) is 32.4. The van der Waals surface area contributed by atoms with E-state index in [1.54, 1.807) is 18.2 Å². The quantitative estimate of drug-likeness (QED) is 0.831. The molecule has 0 bridgehead atoms. The molecule has 2 rings (SSSR count). The smallest absolute Gasteiger partial charge is 0.128 e. The molecule has 0 spiro atoms. The topological polar surface area (TPSA) is 64.7 Å². The molecular formula is C13H18FNO3. The van der Waals surface area contributed by atoms with Crippen molar-refractivity contribution < 1.29 is 19.0 Å². The van der Waals surface area contributed by atoms with Gasteiger partial charge in [-0.1, -0.05) is 18.2 Å². The predicted octanol–water partition coefficient (Wildman–Crippen LogP) is 0.633. The molecule has 0 saturated carbocycles. The van der Waals surface area contributed by atoms with E-state index in [9.17, 15) is 9.50 Å². The van der Waals surface area contributed by atoms with Crippen LogP contribution in [0.4, 0.5) is 4.39 Å². The van der Waals surface area contributed by atoms with E-state index >= 15 is 0 Å². The minimum Gasteiger partial charge on any atom is -0.396 e. The number of hydrogen-bond donors (Lipinski definition) is 2. The molecule has 4 nitrogen and oxygen atoms in total. The van der Waals surface area contributed by atoms with E-state index < -0.39 is 11.5 Å². The number of benzene rings is 1. The van der Waals surface area contributed by atoms with E-state index in [0.717, 1.165) is 0 Å². The van der Waals surface area contributed by atoms with Crippen molar-refractivity contribution in [2.24, 2.45) is 11.7 Å². The van der Waals surface area contributed by atoms with E-state index in [0.29, 0.717) is 12.2 Å². The van der Waals surface area contributed by atoms with Crippen molar-refractivity contribution in [3.8, 4) is 0 Å².